The summed E-state index contributed by atoms with van der Waals surface area (Å²) in [7, 11) is 0. The number of rotatable bonds is 1. The summed E-state index contributed by atoms with van der Waals surface area (Å²) < 4.78 is 15.6. The molecule has 0 fully saturated rings. The van der Waals surface area contributed by atoms with Gasteiger partial charge in [-0.05, 0) is 23.3 Å². The highest BCUT2D eigenvalue weighted by Gasteiger charge is 2.25. The van der Waals surface area contributed by atoms with Crippen molar-refractivity contribution in [2.24, 2.45) is 0 Å². The topological polar surface area (TPSA) is 90.9 Å². The third-order valence-corrected chi connectivity index (χ3v) is 3.80. The van der Waals surface area contributed by atoms with E-state index in [1.54, 1.807) is 12.1 Å². The summed E-state index contributed by atoms with van der Waals surface area (Å²) >= 11 is 3.53. The first-order valence-electron chi connectivity index (χ1n) is 8.10. The predicted octanol–water partition coefficient (Wildman–Crippen LogP) is 2.40. The number of thiol groups is 1. The van der Waals surface area contributed by atoms with Crippen LogP contribution >= 0.6 is 12.6 Å². The molecule has 0 aromatic heterocycles. The maximum Gasteiger partial charge on any atom is 0.364 e. The molecule has 0 saturated carbocycles. The lowest BCUT2D eigenvalue weighted by Gasteiger charge is -2.19. The van der Waals surface area contributed by atoms with Gasteiger partial charge in [0.05, 0.1) is 6.42 Å². The van der Waals surface area contributed by atoms with Gasteiger partial charge in [0.25, 0.3) is 0 Å². The number of ether oxygens (including phenoxy) is 3. The van der Waals surface area contributed by atoms with Crippen LogP contribution in [0.4, 0.5) is 4.79 Å². The zero-order valence-electron chi connectivity index (χ0n) is 14.2. The van der Waals surface area contributed by atoms with Crippen LogP contribution in [0.5, 0.6) is 11.5 Å². The number of carbonyl (C=O) groups is 3. The van der Waals surface area contributed by atoms with Gasteiger partial charge < -0.3 is 19.5 Å². The van der Waals surface area contributed by atoms with E-state index in [1.807, 2.05) is 13.8 Å². The van der Waals surface area contributed by atoms with E-state index in [4.69, 9.17) is 14.2 Å². The molecule has 0 aliphatic carbocycles. The molecule has 8 heteroatoms. The lowest BCUT2D eigenvalue weighted by Crippen LogP contribution is -2.32. The number of amides is 1. The van der Waals surface area contributed by atoms with Gasteiger partial charge in [-0.2, -0.15) is 0 Å². The highest BCUT2D eigenvalue weighted by molar-refractivity contribution is 7.96. The van der Waals surface area contributed by atoms with Crippen molar-refractivity contribution in [2.45, 2.75) is 45.8 Å². The Labute approximate surface area is 151 Å². The molecule has 1 aromatic rings. The van der Waals surface area contributed by atoms with Crippen LogP contribution in [0.15, 0.2) is 12.1 Å². The molecule has 1 amide bonds. The van der Waals surface area contributed by atoms with Gasteiger partial charge in [0.1, 0.15) is 11.9 Å². The predicted molar refractivity (Wildman–Crippen MR) is 93.0 cm³/mol. The van der Waals surface area contributed by atoms with Crippen molar-refractivity contribution in [1.29, 1.82) is 0 Å². The van der Waals surface area contributed by atoms with Crippen LogP contribution in [0, 0.1) is 0 Å². The van der Waals surface area contributed by atoms with Gasteiger partial charge in [-0.25, -0.2) is 4.79 Å². The molecule has 0 bridgehead atoms. The molecule has 1 atom stereocenters. The molecule has 2 aliphatic heterocycles. The largest absolute Gasteiger partial charge is 0.454 e. The van der Waals surface area contributed by atoms with Gasteiger partial charge in [0, 0.05) is 19.4 Å². The molecule has 25 heavy (non-hydrogen) atoms. The summed E-state index contributed by atoms with van der Waals surface area (Å²) in [4.78, 5) is 35.2. The van der Waals surface area contributed by atoms with Gasteiger partial charge >= 0.3 is 5.30 Å². The SMILES string of the molecule is CC.O=C1Cc2cc3c(cc2CNC(=O)C[C@H](OC(=O)S)C1)OCO3. The molecule has 7 nitrogen and oxygen atoms in total. The molecule has 0 unspecified atom stereocenters. The zero-order chi connectivity index (χ0) is 18.4. The summed E-state index contributed by atoms with van der Waals surface area (Å²) in [6, 6.07) is 3.53. The Morgan fingerprint density at radius 1 is 1.16 bits per heavy atom. The van der Waals surface area contributed by atoms with Crippen LogP contribution in [0.2, 0.25) is 0 Å². The van der Waals surface area contributed by atoms with E-state index in [0.29, 0.717) is 11.5 Å². The first kappa shape index (κ1) is 19.1. The van der Waals surface area contributed by atoms with Gasteiger partial charge in [-0.1, -0.05) is 26.5 Å². The number of benzene rings is 1. The lowest BCUT2D eigenvalue weighted by atomic mass is 9.97. The zero-order valence-corrected chi connectivity index (χ0v) is 15.1. The van der Waals surface area contributed by atoms with Crippen molar-refractivity contribution >= 4 is 29.6 Å². The number of ketones is 1. The summed E-state index contributed by atoms with van der Waals surface area (Å²) in [5.41, 5.74) is 1.57. The fourth-order valence-electron chi connectivity index (χ4n) is 2.66. The highest BCUT2D eigenvalue weighted by atomic mass is 32.1. The van der Waals surface area contributed by atoms with Crippen LogP contribution in [-0.2, 0) is 27.3 Å². The third-order valence-electron chi connectivity index (χ3n) is 3.69. The number of nitrogens with one attached hydrogen (secondary N) is 1. The van der Waals surface area contributed by atoms with Crippen molar-refractivity contribution in [3.05, 3.63) is 23.3 Å². The number of hydrogen-bond acceptors (Lipinski definition) is 6. The average Bonchev–Trinajstić information content (AvgIpc) is 3.00. The second-order valence-corrected chi connectivity index (χ2v) is 5.75. The summed E-state index contributed by atoms with van der Waals surface area (Å²) in [5.74, 6) is 0.755. The summed E-state index contributed by atoms with van der Waals surface area (Å²) in [6.07, 6.45) is -0.739. The molecule has 1 aromatic carbocycles. The van der Waals surface area contributed by atoms with Crippen molar-refractivity contribution in [2.75, 3.05) is 6.79 Å². The second-order valence-electron chi connectivity index (χ2n) is 5.38. The monoisotopic (exact) mass is 367 g/mol. The van der Waals surface area contributed by atoms with E-state index >= 15 is 0 Å². The quantitative estimate of drug-likeness (QED) is 0.585. The van der Waals surface area contributed by atoms with Crippen molar-refractivity contribution in [3.63, 3.8) is 0 Å². The highest BCUT2D eigenvalue weighted by Crippen LogP contribution is 2.35. The smallest absolute Gasteiger partial charge is 0.364 e. The normalized spacial score (nSPS) is 19.1. The molecule has 3 rings (SSSR count). The van der Waals surface area contributed by atoms with Gasteiger partial charge in [0.2, 0.25) is 12.7 Å². The minimum absolute atomic E-state index is 0.0341. The molecule has 0 spiro atoms. The molecule has 136 valence electrons. The van der Waals surface area contributed by atoms with Gasteiger partial charge in [-0.3, -0.25) is 9.59 Å². The minimum Gasteiger partial charge on any atom is -0.454 e. The van der Waals surface area contributed by atoms with Gasteiger partial charge in [-0.15, -0.1) is 0 Å². The number of hydrogen-bond donors (Lipinski definition) is 2. The van der Waals surface area contributed by atoms with E-state index in [2.05, 4.69) is 17.9 Å². The minimum atomic E-state index is -0.809. The molecular formula is C17H21NO6S. The van der Waals surface area contributed by atoms with Crippen molar-refractivity contribution in [1.82, 2.24) is 5.32 Å². The molecule has 1 N–H and O–H groups in total. The van der Waals surface area contributed by atoms with E-state index < -0.39 is 11.4 Å². The number of carbonyl (C=O) groups excluding carboxylic acids is 3. The Morgan fingerprint density at radius 3 is 2.44 bits per heavy atom. The van der Waals surface area contributed by atoms with E-state index in [-0.39, 0.29) is 44.3 Å². The molecule has 0 radical (unpaired) electrons. The van der Waals surface area contributed by atoms with Crippen LogP contribution in [0.3, 0.4) is 0 Å². The second kappa shape index (κ2) is 8.75. The molecule has 2 aliphatic rings. The van der Waals surface area contributed by atoms with Crippen LogP contribution in [0.25, 0.3) is 0 Å². The summed E-state index contributed by atoms with van der Waals surface area (Å²) in [5, 5.41) is 1.95. The van der Waals surface area contributed by atoms with Crippen molar-refractivity contribution in [3.8, 4) is 11.5 Å². The van der Waals surface area contributed by atoms with Crippen LogP contribution in [-0.4, -0.2) is 29.9 Å². The molecule has 2 heterocycles. The Balaban J connectivity index is 0.00000109. The van der Waals surface area contributed by atoms with E-state index in [9.17, 15) is 14.4 Å². The fraction of sp³-hybridized carbons (Fsp3) is 0.471. The average molecular weight is 367 g/mol. The first-order chi connectivity index (χ1) is 12.0. The van der Waals surface area contributed by atoms with Gasteiger partial charge in [0.15, 0.2) is 11.5 Å². The van der Waals surface area contributed by atoms with Crippen LogP contribution in [0.1, 0.15) is 37.8 Å². The number of fused-ring (bicyclic) bond motifs is 2. The third kappa shape index (κ3) is 5.12. The Hall–Kier alpha value is -2.22. The standard InChI is InChI=1S/C15H15NO6S.C2H6/c17-10-1-8-2-12-13(21-7-20-12)3-9(8)6-16-14(18)5-11(4-10)22-15(19)23;1-2/h2-3,11H,1,4-7H2,(H,16,18)(H,19,23);1-2H3/t11-;/m1./s1. The molecular weight excluding hydrogens is 346 g/mol. The fourth-order valence-corrected chi connectivity index (χ4v) is 2.81. The maximum atomic E-state index is 12.2. The van der Waals surface area contributed by atoms with E-state index in [1.165, 1.54) is 0 Å². The van der Waals surface area contributed by atoms with Crippen LogP contribution < -0.4 is 14.8 Å². The lowest BCUT2D eigenvalue weighted by molar-refractivity contribution is -0.124. The maximum absolute atomic E-state index is 12.2. The Kier molecular flexibility index (Phi) is 6.69. The number of Topliss-reactive ketones (excluding diaryl/α,β-unsaturated/α-hetero) is 1. The Bertz CT molecular complexity index is 675. The summed E-state index contributed by atoms with van der Waals surface area (Å²) in [6.45, 7) is 4.40. The van der Waals surface area contributed by atoms with E-state index in [0.717, 1.165) is 11.1 Å². The molecule has 0 saturated heterocycles. The van der Waals surface area contributed by atoms with Crippen molar-refractivity contribution < 1.29 is 28.6 Å². The Morgan fingerprint density at radius 2 is 1.80 bits per heavy atom. The first-order valence-corrected chi connectivity index (χ1v) is 8.55.